The minimum atomic E-state index is -4.87. The molecule has 1 aromatic carbocycles. The second-order valence-corrected chi connectivity index (χ2v) is 8.14. The van der Waals surface area contributed by atoms with E-state index in [4.69, 9.17) is 15.2 Å². The molecule has 2 amide bonds. The van der Waals surface area contributed by atoms with Gasteiger partial charge in [-0.05, 0) is 36.6 Å². The lowest BCUT2D eigenvalue weighted by atomic mass is 10.1. The van der Waals surface area contributed by atoms with Crippen LogP contribution in [0, 0.1) is 5.92 Å². The maximum Gasteiger partial charge on any atom is 0.573 e. The van der Waals surface area contributed by atoms with Crippen LogP contribution < -0.4 is 25.3 Å². The number of amides is 2. The number of anilines is 1. The molecule has 0 saturated heterocycles. The monoisotopic (exact) mass is 502 g/mol. The predicted octanol–water partition coefficient (Wildman–Crippen LogP) is 4.65. The van der Waals surface area contributed by atoms with Crippen LogP contribution in [-0.2, 0) is 0 Å². The number of ether oxygens (including phenoxy) is 3. The van der Waals surface area contributed by atoms with Crippen LogP contribution in [0.2, 0.25) is 0 Å². The molecule has 2 heterocycles. The summed E-state index contributed by atoms with van der Waals surface area (Å²) >= 11 is 0. The molecule has 2 aromatic heterocycles. The number of halogens is 3. The standard InChI is InChI=1S/C24H21F3N4O5/c1-12-7-15(12)17-10-20(35-19-4-3-14(9-21(19)34-2)36-24(25,26)27)16(11-30-17)23(33)31-13-5-6-29-18(8-13)22(28)32/h3-6,8-12,15H,7H2,1-2H3,(H2,28,32)(H,29,31,33). The van der Waals surface area contributed by atoms with Gasteiger partial charge in [-0.25, -0.2) is 0 Å². The lowest BCUT2D eigenvalue weighted by Crippen LogP contribution is -2.17. The first-order valence-electron chi connectivity index (χ1n) is 10.7. The molecule has 0 bridgehead atoms. The molecule has 9 nitrogen and oxygen atoms in total. The van der Waals surface area contributed by atoms with Crippen molar-refractivity contribution in [1.29, 1.82) is 0 Å². The summed E-state index contributed by atoms with van der Waals surface area (Å²) in [5.74, 6) is -1.10. The largest absolute Gasteiger partial charge is 0.573 e. The summed E-state index contributed by atoms with van der Waals surface area (Å²) in [6.07, 6.45) is -1.27. The predicted molar refractivity (Wildman–Crippen MR) is 121 cm³/mol. The van der Waals surface area contributed by atoms with Crippen molar-refractivity contribution in [3.63, 3.8) is 0 Å². The topological polar surface area (TPSA) is 126 Å². The van der Waals surface area contributed by atoms with Gasteiger partial charge in [-0.1, -0.05) is 6.92 Å². The van der Waals surface area contributed by atoms with E-state index in [-0.39, 0.29) is 40.1 Å². The normalized spacial score (nSPS) is 16.7. The fraction of sp³-hybridized carbons (Fsp3) is 0.250. The van der Waals surface area contributed by atoms with Gasteiger partial charge in [0, 0.05) is 41.8 Å². The summed E-state index contributed by atoms with van der Waals surface area (Å²) < 4.78 is 52.8. The van der Waals surface area contributed by atoms with E-state index in [1.807, 2.05) is 0 Å². The molecule has 0 aliphatic heterocycles. The van der Waals surface area contributed by atoms with Crippen LogP contribution in [-0.4, -0.2) is 35.3 Å². The highest BCUT2D eigenvalue weighted by atomic mass is 19.4. The van der Waals surface area contributed by atoms with E-state index in [0.717, 1.165) is 18.6 Å². The van der Waals surface area contributed by atoms with E-state index in [9.17, 15) is 22.8 Å². The summed E-state index contributed by atoms with van der Waals surface area (Å²) in [4.78, 5) is 32.7. The van der Waals surface area contributed by atoms with Gasteiger partial charge < -0.3 is 25.3 Å². The zero-order valence-electron chi connectivity index (χ0n) is 19.1. The Hall–Kier alpha value is -4.35. The van der Waals surface area contributed by atoms with Gasteiger partial charge in [-0.2, -0.15) is 0 Å². The number of hydrogen-bond acceptors (Lipinski definition) is 7. The van der Waals surface area contributed by atoms with Crippen molar-refractivity contribution in [2.45, 2.75) is 25.6 Å². The lowest BCUT2D eigenvalue weighted by Gasteiger charge is -2.16. The molecule has 0 spiro atoms. The number of hydrogen-bond donors (Lipinski definition) is 2. The third kappa shape index (κ3) is 5.82. The van der Waals surface area contributed by atoms with E-state index in [1.165, 1.54) is 37.7 Å². The van der Waals surface area contributed by atoms with Crippen molar-refractivity contribution in [3.8, 4) is 23.0 Å². The number of primary amides is 1. The first-order valence-corrected chi connectivity index (χ1v) is 10.7. The molecular formula is C24H21F3N4O5. The number of benzene rings is 1. The van der Waals surface area contributed by atoms with Gasteiger partial charge in [0.15, 0.2) is 11.5 Å². The number of alkyl halides is 3. The Morgan fingerprint density at radius 3 is 2.47 bits per heavy atom. The Balaban J connectivity index is 1.66. The molecule has 0 radical (unpaired) electrons. The van der Waals surface area contributed by atoms with E-state index in [1.54, 1.807) is 6.07 Å². The maximum absolute atomic E-state index is 13.1. The molecule has 1 saturated carbocycles. The molecule has 1 aliphatic carbocycles. The van der Waals surface area contributed by atoms with Crippen molar-refractivity contribution in [1.82, 2.24) is 9.97 Å². The van der Waals surface area contributed by atoms with Crippen molar-refractivity contribution < 1.29 is 37.0 Å². The van der Waals surface area contributed by atoms with Gasteiger partial charge in [0.05, 0.1) is 7.11 Å². The van der Waals surface area contributed by atoms with Crippen LogP contribution in [0.4, 0.5) is 18.9 Å². The first-order chi connectivity index (χ1) is 17.0. The highest BCUT2D eigenvalue weighted by Crippen LogP contribution is 2.47. The van der Waals surface area contributed by atoms with Gasteiger partial charge in [0.2, 0.25) is 0 Å². The Morgan fingerprint density at radius 1 is 1.08 bits per heavy atom. The van der Waals surface area contributed by atoms with Crippen LogP contribution in [0.25, 0.3) is 0 Å². The molecule has 3 aromatic rings. The molecule has 1 fully saturated rings. The Kier molecular flexibility index (Phi) is 6.69. The molecule has 12 heteroatoms. The van der Waals surface area contributed by atoms with E-state index in [2.05, 4.69) is 26.9 Å². The molecule has 4 rings (SSSR count). The van der Waals surface area contributed by atoms with E-state index in [0.29, 0.717) is 11.6 Å². The highest BCUT2D eigenvalue weighted by Gasteiger charge is 2.36. The number of carbonyl (C=O) groups is 2. The van der Waals surface area contributed by atoms with E-state index >= 15 is 0 Å². The fourth-order valence-corrected chi connectivity index (χ4v) is 3.53. The third-order valence-corrected chi connectivity index (χ3v) is 5.48. The number of carbonyl (C=O) groups excluding carboxylic acids is 2. The van der Waals surface area contributed by atoms with Crippen LogP contribution in [0.5, 0.6) is 23.0 Å². The number of nitrogens with two attached hydrogens (primary N) is 1. The molecule has 1 aliphatic rings. The van der Waals surface area contributed by atoms with Crippen molar-refractivity contribution in [3.05, 3.63) is 65.7 Å². The van der Waals surface area contributed by atoms with Crippen LogP contribution in [0.15, 0.2) is 48.8 Å². The minimum absolute atomic E-state index is 0.0358. The number of nitrogens with one attached hydrogen (secondary N) is 1. The second kappa shape index (κ2) is 9.72. The van der Waals surface area contributed by atoms with Gasteiger partial charge >= 0.3 is 6.36 Å². The summed E-state index contributed by atoms with van der Waals surface area (Å²) in [6.45, 7) is 2.07. The van der Waals surface area contributed by atoms with Crippen LogP contribution in [0.1, 0.15) is 45.8 Å². The zero-order chi connectivity index (χ0) is 26.0. The summed E-state index contributed by atoms with van der Waals surface area (Å²) in [6, 6.07) is 7.74. The maximum atomic E-state index is 13.1. The second-order valence-electron chi connectivity index (χ2n) is 8.14. The summed E-state index contributed by atoms with van der Waals surface area (Å²) in [7, 11) is 1.26. The number of aromatic nitrogens is 2. The zero-order valence-corrected chi connectivity index (χ0v) is 19.1. The van der Waals surface area contributed by atoms with Gasteiger partial charge in [0.25, 0.3) is 11.8 Å². The SMILES string of the molecule is COc1cc(OC(F)(F)F)ccc1Oc1cc(C2CC2C)ncc1C(=O)Nc1ccnc(C(N)=O)c1. The minimum Gasteiger partial charge on any atom is -0.493 e. The highest BCUT2D eigenvalue weighted by molar-refractivity contribution is 6.06. The quantitative estimate of drug-likeness (QED) is 0.459. The number of nitrogens with zero attached hydrogens (tertiary/aromatic N) is 2. The molecule has 36 heavy (non-hydrogen) atoms. The van der Waals surface area contributed by atoms with Crippen molar-refractivity contribution in [2.75, 3.05) is 12.4 Å². The molecule has 2 atom stereocenters. The average Bonchev–Trinajstić information content (AvgIpc) is 3.55. The van der Waals surface area contributed by atoms with Crippen LogP contribution in [0.3, 0.4) is 0 Å². The molecule has 2 unspecified atom stereocenters. The smallest absolute Gasteiger partial charge is 0.493 e. The Morgan fingerprint density at radius 2 is 1.83 bits per heavy atom. The molecule has 188 valence electrons. The van der Waals surface area contributed by atoms with Crippen LogP contribution >= 0.6 is 0 Å². The van der Waals surface area contributed by atoms with Crippen molar-refractivity contribution >= 4 is 17.5 Å². The number of methoxy groups -OCH3 is 1. The Bertz CT molecular complexity index is 1320. The summed E-state index contributed by atoms with van der Waals surface area (Å²) in [5.41, 5.74) is 6.23. The Labute approximate surface area is 203 Å². The lowest BCUT2D eigenvalue weighted by molar-refractivity contribution is -0.274. The first kappa shape index (κ1) is 24.8. The average molecular weight is 502 g/mol. The van der Waals surface area contributed by atoms with E-state index < -0.39 is 23.9 Å². The molecule has 3 N–H and O–H groups in total. The van der Waals surface area contributed by atoms with Gasteiger partial charge in [-0.3, -0.25) is 19.6 Å². The summed E-state index contributed by atoms with van der Waals surface area (Å²) in [5, 5.41) is 2.63. The number of pyridine rings is 2. The third-order valence-electron chi connectivity index (χ3n) is 5.48. The molecular weight excluding hydrogens is 481 g/mol. The fourth-order valence-electron chi connectivity index (χ4n) is 3.53. The van der Waals surface area contributed by atoms with Crippen molar-refractivity contribution in [2.24, 2.45) is 11.7 Å². The van der Waals surface area contributed by atoms with Gasteiger partial charge in [-0.15, -0.1) is 13.2 Å². The van der Waals surface area contributed by atoms with Gasteiger partial charge in [0.1, 0.15) is 22.8 Å². The number of rotatable bonds is 8.